The minimum atomic E-state index is -3.86. The fourth-order valence-electron chi connectivity index (χ4n) is 1.15. The molecular weight excluding hydrogens is 274 g/mol. The van der Waals surface area contributed by atoms with Crippen LogP contribution in [-0.2, 0) is 14.8 Å². The molecule has 19 heavy (non-hydrogen) atoms. The predicted octanol–water partition coefficient (Wildman–Crippen LogP) is 0.849. The summed E-state index contributed by atoms with van der Waals surface area (Å²) in [5, 5.41) is 8.18. The molecule has 0 bridgehead atoms. The molecule has 0 aliphatic heterocycles. The summed E-state index contributed by atoms with van der Waals surface area (Å²) in [5.41, 5.74) is 0.833. The van der Waals surface area contributed by atoms with Crippen LogP contribution in [0.5, 0.6) is 0 Å². The molecule has 0 aliphatic carbocycles. The van der Waals surface area contributed by atoms with Crippen molar-refractivity contribution < 1.29 is 27.5 Å². The lowest BCUT2D eigenvalue weighted by molar-refractivity contribution is 0.0656. The van der Waals surface area contributed by atoms with Gasteiger partial charge in [-0.15, -0.1) is 0 Å². The number of carboxylic acids is 1. The highest BCUT2D eigenvalue weighted by molar-refractivity contribution is 7.89. The molecule has 0 atom stereocenters. The Labute approximate surface area is 110 Å². The van der Waals surface area contributed by atoms with E-state index >= 15 is 0 Å². The van der Waals surface area contributed by atoms with Gasteiger partial charge in [0.25, 0.3) is 10.0 Å². The highest BCUT2D eigenvalue weighted by Crippen LogP contribution is 2.13. The maximum Gasteiger partial charge on any atom is 0.371 e. The molecule has 1 aromatic rings. The van der Waals surface area contributed by atoms with E-state index in [0.717, 1.165) is 17.7 Å². The third-order valence-corrected chi connectivity index (χ3v) is 3.28. The summed E-state index contributed by atoms with van der Waals surface area (Å²) in [7, 11) is -3.86. The number of hydrogen-bond acceptors (Lipinski definition) is 5. The molecule has 0 unspecified atom stereocenters. The van der Waals surface area contributed by atoms with Gasteiger partial charge in [-0.2, -0.15) is 0 Å². The molecule has 8 heteroatoms. The van der Waals surface area contributed by atoms with E-state index in [4.69, 9.17) is 14.3 Å². The van der Waals surface area contributed by atoms with Crippen molar-refractivity contribution in [1.82, 2.24) is 4.72 Å². The van der Waals surface area contributed by atoms with Gasteiger partial charge in [0.15, 0.2) is 0 Å². The van der Waals surface area contributed by atoms with Crippen molar-refractivity contribution in [1.29, 1.82) is 0 Å². The van der Waals surface area contributed by atoms with Gasteiger partial charge in [0.1, 0.15) is 0 Å². The van der Waals surface area contributed by atoms with E-state index in [1.165, 1.54) is 0 Å². The molecule has 7 nitrogen and oxygen atoms in total. The molecule has 1 aromatic heterocycles. The van der Waals surface area contributed by atoms with Crippen molar-refractivity contribution in [2.45, 2.75) is 12.0 Å². The average molecular weight is 289 g/mol. The number of sulfonamides is 1. The van der Waals surface area contributed by atoms with Gasteiger partial charge in [-0.25, -0.2) is 17.9 Å². The van der Waals surface area contributed by atoms with E-state index in [1.54, 1.807) is 6.92 Å². The number of carbonyl (C=O) groups is 1. The molecule has 2 N–H and O–H groups in total. The monoisotopic (exact) mass is 289 g/mol. The molecule has 0 saturated carbocycles. The van der Waals surface area contributed by atoms with Gasteiger partial charge in [-0.3, -0.25) is 0 Å². The molecular formula is C11H15NO6S. The molecule has 106 valence electrons. The Kier molecular flexibility index (Phi) is 5.28. The SMILES string of the molecule is C=C(C)COCCNS(=O)(=O)c1ccc(C(=O)O)o1. The summed E-state index contributed by atoms with van der Waals surface area (Å²) in [6.07, 6.45) is 0. The van der Waals surface area contributed by atoms with Crippen molar-refractivity contribution in [2.24, 2.45) is 0 Å². The molecule has 0 fully saturated rings. The minimum absolute atomic E-state index is 0.0543. The van der Waals surface area contributed by atoms with Gasteiger partial charge in [0, 0.05) is 6.54 Å². The fraction of sp³-hybridized carbons (Fsp3) is 0.364. The fourth-order valence-corrected chi connectivity index (χ4v) is 2.09. The maximum absolute atomic E-state index is 11.7. The number of hydrogen-bond donors (Lipinski definition) is 2. The first kappa shape index (κ1) is 15.4. The van der Waals surface area contributed by atoms with E-state index in [2.05, 4.69) is 11.3 Å². The van der Waals surface area contributed by atoms with Crippen LogP contribution in [0, 0.1) is 0 Å². The first-order valence-electron chi connectivity index (χ1n) is 5.38. The lowest BCUT2D eigenvalue weighted by atomic mass is 10.4. The van der Waals surface area contributed by atoms with Crippen molar-refractivity contribution in [3.05, 3.63) is 30.0 Å². The van der Waals surface area contributed by atoms with Crippen LogP contribution in [0.15, 0.2) is 33.8 Å². The molecule has 0 radical (unpaired) electrons. The second-order valence-corrected chi connectivity index (χ2v) is 5.53. The second kappa shape index (κ2) is 6.50. The molecule has 1 heterocycles. The molecule has 0 saturated heterocycles. The number of aromatic carboxylic acids is 1. The quantitative estimate of drug-likeness (QED) is 0.543. The summed E-state index contributed by atoms with van der Waals surface area (Å²) < 4.78 is 35.4. The maximum atomic E-state index is 11.7. The van der Waals surface area contributed by atoms with Crippen LogP contribution in [-0.4, -0.2) is 39.3 Å². The van der Waals surface area contributed by atoms with Crippen molar-refractivity contribution in [3.8, 4) is 0 Å². The van der Waals surface area contributed by atoms with Crippen LogP contribution in [0.25, 0.3) is 0 Å². The normalized spacial score (nSPS) is 11.4. The lowest BCUT2D eigenvalue weighted by Gasteiger charge is -2.05. The number of rotatable bonds is 8. The third kappa shape index (κ3) is 4.86. The Bertz CT molecular complexity index is 559. The predicted molar refractivity (Wildman–Crippen MR) is 66.5 cm³/mol. The summed E-state index contributed by atoms with van der Waals surface area (Å²) in [5.74, 6) is -1.76. The Morgan fingerprint density at radius 3 is 2.74 bits per heavy atom. The number of furan rings is 1. The standard InChI is InChI=1S/C11H15NO6S/c1-8(2)7-17-6-5-12-19(15,16)10-4-3-9(18-10)11(13)14/h3-4,12H,1,5-7H2,2H3,(H,13,14). The zero-order valence-corrected chi connectivity index (χ0v) is 11.2. The number of carboxylic acid groups (broad SMARTS) is 1. The smallest absolute Gasteiger partial charge is 0.371 e. The largest absolute Gasteiger partial charge is 0.475 e. The van der Waals surface area contributed by atoms with Gasteiger partial charge in [0.2, 0.25) is 10.9 Å². The van der Waals surface area contributed by atoms with Crippen LogP contribution in [0.3, 0.4) is 0 Å². The van der Waals surface area contributed by atoms with Crippen LogP contribution in [0.2, 0.25) is 0 Å². The summed E-state index contributed by atoms with van der Waals surface area (Å²) >= 11 is 0. The highest BCUT2D eigenvalue weighted by Gasteiger charge is 2.20. The van der Waals surface area contributed by atoms with Gasteiger partial charge >= 0.3 is 5.97 Å². The van der Waals surface area contributed by atoms with E-state index < -0.39 is 26.8 Å². The first-order chi connectivity index (χ1) is 8.83. The molecule has 1 rings (SSSR count). The van der Waals surface area contributed by atoms with Crippen LogP contribution in [0.1, 0.15) is 17.5 Å². The van der Waals surface area contributed by atoms with Gasteiger partial charge in [-0.05, 0) is 19.1 Å². The highest BCUT2D eigenvalue weighted by atomic mass is 32.2. The summed E-state index contributed by atoms with van der Waals surface area (Å²) in [4.78, 5) is 10.6. The van der Waals surface area contributed by atoms with E-state index in [0.29, 0.717) is 6.61 Å². The number of ether oxygens (including phenoxy) is 1. The van der Waals surface area contributed by atoms with E-state index in [1.807, 2.05) is 0 Å². The van der Waals surface area contributed by atoms with Gasteiger partial charge in [0.05, 0.1) is 13.2 Å². The molecule has 0 aromatic carbocycles. The Morgan fingerprint density at radius 2 is 2.21 bits per heavy atom. The lowest BCUT2D eigenvalue weighted by Crippen LogP contribution is -2.27. The van der Waals surface area contributed by atoms with Crippen LogP contribution >= 0.6 is 0 Å². The minimum Gasteiger partial charge on any atom is -0.475 e. The van der Waals surface area contributed by atoms with Gasteiger partial charge in [-0.1, -0.05) is 12.2 Å². The van der Waals surface area contributed by atoms with E-state index in [9.17, 15) is 13.2 Å². The van der Waals surface area contributed by atoms with Crippen molar-refractivity contribution in [2.75, 3.05) is 19.8 Å². The zero-order valence-electron chi connectivity index (χ0n) is 10.4. The molecule has 0 aliphatic rings. The second-order valence-electron chi connectivity index (χ2n) is 3.83. The van der Waals surface area contributed by atoms with Crippen molar-refractivity contribution >= 4 is 16.0 Å². The van der Waals surface area contributed by atoms with Crippen LogP contribution < -0.4 is 4.72 Å². The zero-order chi connectivity index (χ0) is 14.5. The Hall–Kier alpha value is -1.64. The summed E-state index contributed by atoms with van der Waals surface area (Å²) in [6, 6.07) is 2.16. The molecule has 0 spiro atoms. The number of nitrogens with one attached hydrogen (secondary N) is 1. The topological polar surface area (TPSA) is 106 Å². The third-order valence-electron chi connectivity index (χ3n) is 1.94. The molecule has 0 amide bonds. The summed E-state index contributed by atoms with van der Waals surface area (Å²) in [6.45, 7) is 6.01. The van der Waals surface area contributed by atoms with Crippen molar-refractivity contribution in [3.63, 3.8) is 0 Å². The van der Waals surface area contributed by atoms with Gasteiger partial charge < -0.3 is 14.3 Å². The first-order valence-corrected chi connectivity index (χ1v) is 6.86. The Balaban J connectivity index is 2.51. The Morgan fingerprint density at radius 1 is 1.53 bits per heavy atom. The van der Waals surface area contributed by atoms with Crippen LogP contribution in [0.4, 0.5) is 0 Å². The van der Waals surface area contributed by atoms with E-state index in [-0.39, 0.29) is 13.2 Å². The average Bonchev–Trinajstić information content (AvgIpc) is 2.77.